The molecule has 0 aliphatic heterocycles. The summed E-state index contributed by atoms with van der Waals surface area (Å²) in [7, 11) is 0. The molecule has 0 aliphatic rings. The zero-order chi connectivity index (χ0) is 18.5. The molecular weight excluding hydrogens is 336 g/mol. The van der Waals surface area contributed by atoms with Crippen molar-refractivity contribution < 1.29 is 23.5 Å². The number of carbonyl (C=O) groups excluding carboxylic acids is 3. The van der Waals surface area contributed by atoms with E-state index >= 15 is 0 Å². The van der Waals surface area contributed by atoms with E-state index in [1.165, 1.54) is 6.92 Å². The monoisotopic (exact) mass is 352 g/mol. The van der Waals surface area contributed by atoms with Crippen molar-refractivity contribution in [1.82, 2.24) is 10.9 Å². The minimum absolute atomic E-state index is 0.000767. The lowest BCUT2D eigenvalue weighted by Crippen LogP contribution is -2.46. The Morgan fingerprint density at radius 3 is 2.38 bits per heavy atom. The summed E-state index contributed by atoms with van der Waals surface area (Å²) in [5.41, 5.74) is 5.42. The lowest BCUT2D eigenvalue weighted by Gasteiger charge is -2.13. The lowest BCUT2D eigenvalue weighted by molar-refractivity contribution is -0.129. The standard InChI is InChI=1S/C19H16N2O5/c1-12(17(22)20-21-18(23)13-7-3-2-4-8-13)25-19(24)16-11-14-9-5-6-10-15(14)26-16/h2-12H,1H3,(H,20,22)(H,21,23)/t12-/m0/s1. The normalized spacial score (nSPS) is 11.6. The number of rotatable bonds is 4. The van der Waals surface area contributed by atoms with Gasteiger partial charge in [0.1, 0.15) is 5.58 Å². The van der Waals surface area contributed by atoms with Crippen molar-refractivity contribution in [3.8, 4) is 0 Å². The first-order valence-corrected chi connectivity index (χ1v) is 7.89. The second-order valence-corrected chi connectivity index (χ2v) is 5.51. The van der Waals surface area contributed by atoms with Crippen molar-refractivity contribution in [2.24, 2.45) is 0 Å². The number of hydrogen-bond acceptors (Lipinski definition) is 5. The zero-order valence-corrected chi connectivity index (χ0v) is 13.9. The first-order valence-electron chi connectivity index (χ1n) is 7.89. The summed E-state index contributed by atoms with van der Waals surface area (Å²) >= 11 is 0. The molecule has 26 heavy (non-hydrogen) atoms. The molecule has 2 N–H and O–H groups in total. The molecule has 0 unspecified atom stereocenters. The average molecular weight is 352 g/mol. The second kappa shape index (κ2) is 7.52. The van der Waals surface area contributed by atoms with Gasteiger partial charge in [0.2, 0.25) is 5.76 Å². The molecule has 0 radical (unpaired) electrons. The van der Waals surface area contributed by atoms with E-state index in [-0.39, 0.29) is 5.76 Å². The molecule has 2 aromatic carbocycles. The maximum Gasteiger partial charge on any atom is 0.375 e. The number of carbonyl (C=O) groups is 3. The highest BCUT2D eigenvalue weighted by Crippen LogP contribution is 2.19. The smallest absolute Gasteiger partial charge is 0.375 e. The van der Waals surface area contributed by atoms with Gasteiger partial charge in [0.05, 0.1) is 0 Å². The van der Waals surface area contributed by atoms with Gasteiger partial charge in [-0.25, -0.2) is 4.79 Å². The van der Waals surface area contributed by atoms with Gasteiger partial charge >= 0.3 is 5.97 Å². The topological polar surface area (TPSA) is 97.6 Å². The fraction of sp³-hybridized carbons (Fsp3) is 0.105. The van der Waals surface area contributed by atoms with E-state index in [4.69, 9.17) is 9.15 Å². The van der Waals surface area contributed by atoms with Crippen molar-refractivity contribution >= 4 is 28.8 Å². The van der Waals surface area contributed by atoms with Crippen molar-refractivity contribution in [2.75, 3.05) is 0 Å². The van der Waals surface area contributed by atoms with Crippen LogP contribution in [0.2, 0.25) is 0 Å². The number of esters is 1. The van der Waals surface area contributed by atoms with E-state index in [9.17, 15) is 14.4 Å². The van der Waals surface area contributed by atoms with Gasteiger partial charge in [-0.05, 0) is 31.2 Å². The summed E-state index contributed by atoms with van der Waals surface area (Å²) in [6.07, 6.45) is -1.12. The number of furan rings is 1. The molecular formula is C19H16N2O5. The minimum Gasteiger partial charge on any atom is -0.449 e. The van der Waals surface area contributed by atoms with Crippen molar-refractivity contribution in [1.29, 1.82) is 0 Å². The first kappa shape index (κ1) is 17.2. The molecule has 7 nitrogen and oxygen atoms in total. The largest absolute Gasteiger partial charge is 0.449 e. The average Bonchev–Trinajstić information content (AvgIpc) is 3.10. The Bertz CT molecular complexity index is 916. The van der Waals surface area contributed by atoms with Gasteiger partial charge in [-0.1, -0.05) is 36.4 Å². The Morgan fingerprint density at radius 1 is 0.962 bits per heavy atom. The number of amides is 2. The third kappa shape index (κ3) is 3.89. The number of hydrogen-bond donors (Lipinski definition) is 2. The highest BCUT2D eigenvalue weighted by Gasteiger charge is 2.22. The SMILES string of the molecule is C[C@H](OC(=O)c1cc2ccccc2o1)C(=O)NNC(=O)c1ccccc1. The third-order valence-corrected chi connectivity index (χ3v) is 3.61. The number of nitrogens with one attached hydrogen (secondary N) is 2. The molecule has 1 heterocycles. The molecule has 0 spiro atoms. The van der Waals surface area contributed by atoms with Crippen LogP contribution in [0.15, 0.2) is 65.1 Å². The molecule has 2 amide bonds. The Hall–Kier alpha value is -3.61. The zero-order valence-electron chi connectivity index (χ0n) is 13.9. The fourth-order valence-corrected chi connectivity index (χ4v) is 2.24. The Labute approximate surface area is 148 Å². The summed E-state index contributed by atoms with van der Waals surface area (Å²) in [4.78, 5) is 36.0. The van der Waals surface area contributed by atoms with Gasteiger partial charge < -0.3 is 9.15 Å². The molecule has 1 aromatic heterocycles. The summed E-state index contributed by atoms with van der Waals surface area (Å²) in [6.45, 7) is 1.39. The Morgan fingerprint density at radius 2 is 1.65 bits per heavy atom. The molecule has 0 bridgehead atoms. The molecule has 7 heteroatoms. The van der Waals surface area contributed by atoms with Crippen LogP contribution in [-0.2, 0) is 9.53 Å². The quantitative estimate of drug-likeness (QED) is 0.555. The lowest BCUT2D eigenvalue weighted by atomic mass is 10.2. The number of hydrazine groups is 1. The van der Waals surface area contributed by atoms with E-state index in [2.05, 4.69) is 10.9 Å². The fourth-order valence-electron chi connectivity index (χ4n) is 2.24. The maximum atomic E-state index is 12.1. The van der Waals surface area contributed by atoms with Crippen LogP contribution in [0.25, 0.3) is 11.0 Å². The summed E-state index contributed by atoms with van der Waals surface area (Å²) in [6, 6.07) is 17.0. The maximum absolute atomic E-state index is 12.1. The Kier molecular flexibility index (Phi) is 4.98. The van der Waals surface area contributed by atoms with Gasteiger partial charge in [-0.2, -0.15) is 0 Å². The number of fused-ring (bicyclic) bond motifs is 1. The van der Waals surface area contributed by atoms with E-state index in [0.717, 1.165) is 5.39 Å². The van der Waals surface area contributed by atoms with Crippen LogP contribution in [0, 0.1) is 0 Å². The predicted molar refractivity (Wildman–Crippen MR) is 93.1 cm³/mol. The van der Waals surface area contributed by atoms with Crippen LogP contribution in [0.1, 0.15) is 27.8 Å². The molecule has 0 saturated carbocycles. The second-order valence-electron chi connectivity index (χ2n) is 5.51. The number of ether oxygens (including phenoxy) is 1. The van der Waals surface area contributed by atoms with Crippen LogP contribution < -0.4 is 10.9 Å². The molecule has 0 saturated heterocycles. The molecule has 0 aliphatic carbocycles. The van der Waals surface area contributed by atoms with Gasteiger partial charge in [0.15, 0.2) is 6.10 Å². The molecule has 132 valence electrons. The van der Waals surface area contributed by atoms with Gasteiger partial charge in [0, 0.05) is 10.9 Å². The molecule has 3 rings (SSSR count). The van der Waals surface area contributed by atoms with E-state index in [0.29, 0.717) is 11.1 Å². The molecule has 3 aromatic rings. The summed E-state index contributed by atoms with van der Waals surface area (Å²) in [5.74, 6) is -1.91. The van der Waals surface area contributed by atoms with E-state index in [1.807, 2.05) is 6.07 Å². The highest BCUT2D eigenvalue weighted by atomic mass is 16.6. The molecule has 1 atom stereocenters. The van der Waals surface area contributed by atoms with Crippen LogP contribution >= 0.6 is 0 Å². The summed E-state index contributed by atoms with van der Waals surface area (Å²) in [5, 5.41) is 0.756. The van der Waals surface area contributed by atoms with Gasteiger partial charge in [-0.15, -0.1) is 0 Å². The summed E-state index contributed by atoms with van der Waals surface area (Å²) < 4.78 is 10.5. The number of para-hydroxylation sites is 1. The van der Waals surface area contributed by atoms with Crippen LogP contribution in [0.3, 0.4) is 0 Å². The van der Waals surface area contributed by atoms with Crippen LogP contribution in [0.4, 0.5) is 0 Å². The van der Waals surface area contributed by atoms with Crippen molar-refractivity contribution in [3.05, 3.63) is 72.0 Å². The van der Waals surface area contributed by atoms with Gasteiger partial charge in [-0.3, -0.25) is 20.4 Å². The molecule has 0 fully saturated rings. The predicted octanol–water partition coefficient (Wildman–Crippen LogP) is 2.44. The van der Waals surface area contributed by atoms with Gasteiger partial charge in [0.25, 0.3) is 11.8 Å². The van der Waals surface area contributed by atoms with E-state index < -0.39 is 23.9 Å². The van der Waals surface area contributed by atoms with Crippen molar-refractivity contribution in [2.45, 2.75) is 13.0 Å². The minimum atomic E-state index is -1.12. The third-order valence-electron chi connectivity index (χ3n) is 3.61. The Balaban J connectivity index is 1.55. The highest BCUT2D eigenvalue weighted by molar-refractivity contribution is 5.97. The first-order chi connectivity index (χ1) is 12.5. The van der Waals surface area contributed by atoms with Crippen LogP contribution in [-0.4, -0.2) is 23.9 Å². The number of benzene rings is 2. The van der Waals surface area contributed by atoms with Crippen LogP contribution in [0.5, 0.6) is 0 Å². The van der Waals surface area contributed by atoms with E-state index in [1.54, 1.807) is 54.6 Å². The van der Waals surface area contributed by atoms with Crippen molar-refractivity contribution in [3.63, 3.8) is 0 Å².